The average Bonchev–Trinajstić information content (AvgIpc) is 2.22. The van der Waals surface area contributed by atoms with E-state index >= 15 is 0 Å². The number of morpholine rings is 1. The normalized spacial score (nSPS) is 21.2. The molecule has 0 aromatic heterocycles. The molecule has 0 atom stereocenters. The second kappa shape index (κ2) is 7.25. The van der Waals surface area contributed by atoms with Crippen molar-refractivity contribution in [2.75, 3.05) is 32.8 Å². The van der Waals surface area contributed by atoms with E-state index in [1.165, 1.54) is 38.6 Å². The molecule has 1 aliphatic rings. The van der Waals surface area contributed by atoms with E-state index in [0.717, 1.165) is 26.2 Å². The van der Waals surface area contributed by atoms with Crippen molar-refractivity contribution in [3.05, 3.63) is 0 Å². The summed E-state index contributed by atoms with van der Waals surface area (Å²) in [6.45, 7) is 9.51. The standard InChI is InChI=1S/C13H28N2O/c1-13(2)12-15(10-11-16-13)9-7-5-3-4-6-8-14/h3-12,14H2,1-2H3. The van der Waals surface area contributed by atoms with Crippen molar-refractivity contribution in [1.82, 2.24) is 4.90 Å². The van der Waals surface area contributed by atoms with Crippen LogP contribution < -0.4 is 5.73 Å². The van der Waals surface area contributed by atoms with Gasteiger partial charge in [0.25, 0.3) is 0 Å². The summed E-state index contributed by atoms with van der Waals surface area (Å²) in [4.78, 5) is 2.53. The van der Waals surface area contributed by atoms with Crippen molar-refractivity contribution in [2.24, 2.45) is 5.73 Å². The monoisotopic (exact) mass is 228 g/mol. The first kappa shape index (κ1) is 13.9. The lowest BCUT2D eigenvalue weighted by Gasteiger charge is -2.38. The maximum absolute atomic E-state index is 5.70. The molecule has 1 fully saturated rings. The number of unbranched alkanes of at least 4 members (excludes halogenated alkanes) is 4. The van der Waals surface area contributed by atoms with Crippen molar-refractivity contribution in [1.29, 1.82) is 0 Å². The molecule has 0 aromatic carbocycles. The predicted octanol–water partition coefficient (Wildman–Crippen LogP) is 2.01. The van der Waals surface area contributed by atoms with Crippen LogP contribution in [0.25, 0.3) is 0 Å². The minimum absolute atomic E-state index is 0.0534. The minimum atomic E-state index is 0.0534. The fraction of sp³-hybridized carbons (Fsp3) is 1.00. The van der Waals surface area contributed by atoms with Gasteiger partial charge in [-0.05, 0) is 39.8 Å². The first-order valence-corrected chi connectivity index (χ1v) is 6.70. The van der Waals surface area contributed by atoms with Crippen LogP contribution in [0.15, 0.2) is 0 Å². The van der Waals surface area contributed by atoms with Gasteiger partial charge in [0.1, 0.15) is 0 Å². The second-order valence-corrected chi connectivity index (χ2v) is 5.44. The quantitative estimate of drug-likeness (QED) is 0.677. The fourth-order valence-electron chi connectivity index (χ4n) is 2.32. The summed E-state index contributed by atoms with van der Waals surface area (Å²) in [5.41, 5.74) is 5.52. The molecule has 3 heteroatoms. The van der Waals surface area contributed by atoms with Gasteiger partial charge in [-0.2, -0.15) is 0 Å². The van der Waals surface area contributed by atoms with Crippen molar-refractivity contribution < 1.29 is 4.74 Å². The van der Waals surface area contributed by atoms with E-state index < -0.39 is 0 Å². The van der Waals surface area contributed by atoms with Crippen LogP contribution in [0.1, 0.15) is 46.0 Å². The molecular weight excluding hydrogens is 200 g/mol. The van der Waals surface area contributed by atoms with Crippen molar-refractivity contribution in [2.45, 2.75) is 51.6 Å². The number of hydrogen-bond donors (Lipinski definition) is 1. The van der Waals surface area contributed by atoms with Crippen LogP contribution in [-0.2, 0) is 4.74 Å². The Bertz CT molecular complexity index is 183. The van der Waals surface area contributed by atoms with Crippen molar-refractivity contribution in [3.63, 3.8) is 0 Å². The van der Waals surface area contributed by atoms with Gasteiger partial charge < -0.3 is 10.5 Å². The highest BCUT2D eigenvalue weighted by atomic mass is 16.5. The Balaban J connectivity index is 2.00. The second-order valence-electron chi connectivity index (χ2n) is 5.44. The highest BCUT2D eigenvalue weighted by Crippen LogP contribution is 2.16. The molecule has 2 N–H and O–H groups in total. The number of nitrogens with zero attached hydrogens (tertiary/aromatic N) is 1. The zero-order valence-electron chi connectivity index (χ0n) is 11.0. The topological polar surface area (TPSA) is 38.5 Å². The van der Waals surface area contributed by atoms with Crippen LogP contribution in [0.3, 0.4) is 0 Å². The summed E-state index contributed by atoms with van der Waals surface area (Å²) in [5.74, 6) is 0. The summed E-state index contributed by atoms with van der Waals surface area (Å²) < 4.78 is 5.70. The lowest BCUT2D eigenvalue weighted by Crippen LogP contribution is -2.48. The Labute approximate surface area is 100 Å². The number of ether oxygens (including phenoxy) is 1. The van der Waals surface area contributed by atoms with Gasteiger partial charge in [-0.15, -0.1) is 0 Å². The summed E-state index contributed by atoms with van der Waals surface area (Å²) in [6, 6.07) is 0. The molecule has 0 bridgehead atoms. The van der Waals surface area contributed by atoms with Crippen LogP contribution >= 0.6 is 0 Å². The number of hydrogen-bond acceptors (Lipinski definition) is 3. The molecule has 3 nitrogen and oxygen atoms in total. The molecule has 0 saturated carbocycles. The van der Waals surface area contributed by atoms with E-state index in [4.69, 9.17) is 10.5 Å². The Morgan fingerprint density at radius 1 is 1.12 bits per heavy atom. The highest BCUT2D eigenvalue weighted by Gasteiger charge is 2.26. The number of nitrogens with two attached hydrogens (primary N) is 1. The minimum Gasteiger partial charge on any atom is -0.373 e. The van der Waals surface area contributed by atoms with Gasteiger partial charge in [0.05, 0.1) is 12.2 Å². The summed E-state index contributed by atoms with van der Waals surface area (Å²) in [7, 11) is 0. The third-order valence-electron chi connectivity index (χ3n) is 3.18. The van der Waals surface area contributed by atoms with Gasteiger partial charge in [-0.3, -0.25) is 4.90 Å². The lowest BCUT2D eigenvalue weighted by atomic mass is 10.1. The first-order chi connectivity index (χ1) is 7.64. The summed E-state index contributed by atoms with van der Waals surface area (Å²) >= 11 is 0. The molecule has 1 heterocycles. The van der Waals surface area contributed by atoms with Crippen molar-refractivity contribution in [3.8, 4) is 0 Å². The summed E-state index contributed by atoms with van der Waals surface area (Å²) in [6.07, 6.45) is 6.49. The Morgan fingerprint density at radius 3 is 2.50 bits per heavy atom. The molecule has 0 radical (unpaired) electrons. The fourth-order valence-corrected chi connectivity index (χ4v) is 2.32. The number of rotatable bonds is 7. The van der Waals surface area contributed by atoms with E-state index in [2.05, 4.69) is 18.7 Å². The Kier molecular flexibility index (Phi) is 6.32. The molecular formula is C13H28N2O. The SMILES string of the molecule is CC1(C)CN(CCCCCCCN)CCO1. The predicted molar refractivity (Wildman–Crippen MR) is 68.6 cm³/mol. The Morgan fingerprint density at radius 2 is 1.81 bits per heavy atom. The Hall–Kier alpha value is -0.120. The van der Waals surface area contributed by atoms with Crippen LogP contribution in [0, 0.1) is 0 Å². The summed E-state index contributed by atoms with van der Waals surface area (Å²) in [5, 5.41) is 0. The molecule has 1 rings (SSSR count). The average molecular weight is 228 g/mol. The van der Waals surface area contributed by atoms with Gasteiger partial charge in [-0.25, -0.2) is 0 Å². The maximum Gasteiger partial charge on any atom is 0.0753 e. The van der Waals surface area contributed by atoms with Crippen LogP contribution in [0.4, 0.5) is 0 Å². The van der Waals surface area contributed by atoms with Crippen molar-refractivity contribution >= 4 is 0 Å². The van der Waals surface area contributed by atoms with Gasteiger partial charge in [0, 0.05) is 13.1 Å². The van der Waals surface area contributed by atoms with E-state index in [0.29, 0.717) is 0 Å². The van der Waals surface area contributed by atoms with Gasteiger partial charge in [0.15, 0.2) is 0 Å². The molecule has 16 heavy (non-hydrogen) atoms. The molecule has 1 saturated heterocycles. The van der Waals surface area contributed by atoms with Gasteiger partial charge in [0.2, 0.25) is 0 Å². The van der Waals surface area contributed by atoms with E-state index in [9.17, 15) is 0 Å². The largest absolute Gasteiger partial charge is 0.373 e. The molecule has 0 aromatic rings. The maximum atomic E-state index is 5.70. The first-order valence-electron chi connectivity index (χ1n) is 6.70. The molecule has 0 spiro atoms. The van der Waals surface area contributed by atoms with Gasteiger partial charge in [-0.1, -0.05) is 19.3 Å². The zero-order chi connectivity index (χ0) is 11.9. The van der Waals surface area contributed by atoms with Crippen LogP contribution in [-0.4, -0.2) is 43.3 Å². The molecule has 1 aliphatic heterocycles. The van der Waals surface area contributed by atoms with Crippen LogP contribution in [0.5, 0.6) is 0 Å². The smallest absolute Gasteiger partial charge is 0.0753 e. The van der Waals surface area contributed by atoms with Gasteiger partial charge >= 0.3 is 0 Å². The molecule has 0 aliphatic carbocycles. The highest BCUT2D eigenvalue weighted by molar-refractivity contribution is 4.78. The lowest BCUT2D eigenvalue weighted by molar-refractivity contribution is -0.0861. The zero-order valence-corrected chi connectivity index (χ0v) is 11.0. The molecule has 0 amide bonds. The van der Waals surface area contributed by atoms with E-state index in [-0.39, 0.29) is 5.60 Å². The molecule has 96 valence electrons. The van der Waals surface area contributed by atoms with Crippen LogP contribution in [0.2, 0.25) is 0 Å². The van der Waals surface area contributed by atoms with E-state index in [1.807, 2.05) is 0 Å². The molecule has 0 unspecified atom stereocenters. The third kappa shape index (κ3) is 5.83. The van der Waals surface area contributed by atoms with E-state index in [1.54, 1.807) is 0 Å². The third-order valence-corrected chi connectivity index (χ3v) is 3.18.